The third-order valence-electron chi connectivity index (χ3n) is 4.13. The molecule has 146 valence electrons. The van der Waals surface area contributed by atoms with Gasteiger partial charge in [-0.15, -0.1) is 11.3 Å². The molecule has 1 heterocycles. The van der Waals surface area contributed by atoms with Crippen LogP contribution in [0.3, 0.4) is 0 Å². The first-order valence-electron chi connectivity index (χ1n) is 8.73. The summed E-state index contributed by atoms with van der Waals surface area (Å²) in [5.41, 5.74) is 1.81. The smallest absolute Gasteiger partial charge is 0.266 e. The Balaban J connectivity index is 1.66. The number of carbonyl (C=O) groups is 1. The van der Waals surface area contributed by atoms with Crippen molar-refractivity contribution < 1.29 is 19.0 Å². The second-order valence-corrected chi connectivity index (χ2v) is 7.28. The van der Waals surface area contributed by atoms with Crippen LogP contribution >= 0.6 is 11.3 Å². The number of rotatable bonds is 7. The number of methoxy groups -OCH3 is 2. The summed E-state index contributed by atoms with van der Waals surface area (Å²) in [5.74, 6) is 1.85. The highest BCUT2D eigenvalue weighted by Gasteiger charge is 2.18. The van der Waals surface area contributed by atoms with Gasteiger partial charge in [0.25, 0.3) is 5.91 Å². The van der Waals surface area contributed by atoms with Crippen LogP contribution in [0.15, 0.2) is 48.5 Å². The molecular weight excluding hydrogens is 376 g/mol. The number of carbonyl (C=O) groups excluding carboxylic acids is 1. The molecule has 0 aliphatic carbocycles. The van der Waals surface area contributed by atoms with E-state index >= 15 is 0 Å². The first kappa shape index (κ1) is 19.7. The average Bonchev–Trinajstić information content (AvgIpc) is 3.08. The number of anilines is 1. The van der Waals surface area contributed by atoms with E-state index in [1.165, 1.54) is 11.3 Å². The van der Waals surface area contributed by atoms with E-state index in [1.807, 2.05) is 31.2 Å². The van der Waals surface area contributed by atoms with Crippen LogP contribution in [-0.4, -0.2) is 31.2 Å². The van der Waals surface area contributed by atoms with E-state index in [4.69, 9.17) is 14.2 Å². The molecule has 0 fully saturated rings. The first-order chi connectivity index (χ1) is 13.5. The Morgan fingerprint density at radius 3 is 2.07 bits per heavy atom. The van der Waals surface area contributed by atoms with Gasteiger partial charge in [0.15, 0.2) is 11.2 Å². The van der Waals surface area contributed by atoms with E-state index in [0.29, 0.717) is 10.9 Å². The fourth-order valence-electron chi connectivity index (χ4n) is 2.59. The lowest BCUT2D eigenvalue weighted by Gasteiger charge is -2.14. The molecule has 0 aliphatic rings. The largest absolute Gasteiger partial charge is 0.497 e. The van der Waals surface area contributed by atoms with Gasteiger partial charge in [-0.2, -0.15) is 0 Å². The second-order valence-electron chi connectivity index (χ2n) is 6.08. The van der Waals surface area contributed by atoms with Gasteiger partial charge in [-0.3, -0.25) is 10.1 Å². The van der Waals surface area contributed by atoms with E-state index in [1.54, 1.807) is 45.4 Å². The van der Waals surface area contributed by atoms with Crippen LogP contribution in [0.1, 0.15) is 11.8 Å². The number of benzene rings is 2. The summed E-state index contributed by atoms with van der Waals surface area (Å²) in [6.45, 7) is 3.68. The minimum absolute atomic E-state index is 0.258. The van der Waals surface area contributed by atoms with E-state index in [-0.39, 0.29) is 5.91 Å². The molecule has 28 heavy (non-hydrogen) atoms. The maximum atomic E-state index is 12.5. The van der Waals surface area contributed by atoms with Crippen LogP contribution in [0.5, 0.6) is 17.2 Å². The maximum absolute atomic E-state index is 12.5. The molecule has 1 N–H and O–H groups in total. The monoisotopic (exact) mass is 398 g/mol. The number of hydrogen-bond donors (Lipinski definition) is 1. The molecule has 3 aromatic rings. The highest BCUT2D eigenvalue weighted by atomic mass is 32.1. The van der Waals surface area contributed by atoms with Crippen molar-refractivity contribution in [1.82, 2.24) is 4.98 Å². The minimum atomic E-state index is -0.665. The summed E-state index contributed by atoms with van der Waals surface area (Å²) in [6.07, 6.45) is -0.665. The summed E-state index contributed by atoms with van der Waals surface area (Å²) in [7, 11) is 3.23. The number of thiazole rings is 1. The Morgan fingerprint density at radius 2 is 1.50 bits per heavy atom. The zero-order chi connectivity index (χ0) is 20.1. The van der Waals surface area contributed by atoms with Gasteiger partial charge in [-0.05, 0) is 62.4 Å². The molecule has 0 radical (unpaired) electrons. The molecule has 1 aromatic heterocycles. The Bertz CT molecular complexity index is 936. The molecule has 0 bridgehead atoms. The van der Waals surface area contributed by atoms with E-state index in [9.17, 15) is 4.79 Å². The Labute approximate surface area is 168 Å². The molecule has 1 amide bonds. The zero-order valence-electron chi connectivity index (χ0n) is 16.2. The molecular formula is C21H22N2O4S. The van der Waals surface area contributed by atoms with Gasteiger partial charge in [0.05, 0.1) is 19.9 Å². The highest BCUT2D eigenvalue weighted by molar-refractivity contribution is 7.16. The molecule has 0 saturated heterocycles. The molecule has 6 nitrogen and oxygen atoms in total. The molecule has 3 rings (SSSR count). The fourth-order valence-corrected chi connectivity index (χ4v) is 3.42. The number of ether oxygens (including phenoxy) is 3. The summed E-state index contributed by atoms with van der Waals surface area (Å²) < 4.78 is 16.0. The van der Waals surface area contributed by atoms with Gasteiger partial charge in [0, 0.05) is 10.4 Å². The lowest BCUT2D eigenvalue weighted by atomic mass is 10.1. The van der Waals surface area contributed by atoms with Crippen molar-refractivity contribution in [3.63, 3.8) is 0 Å². The van der Waals surface area contributed by atoms with Crippen molar-refractivity contribution in [3.05, 3.63) is 53.4 Å². The summed E-state index contributed by atoms with van der Waals surface area (Å²) >= 11 is 1.43. The number of nitrogens with zero attached hydrogens (tertiary/aromatic N) is 1. The zero-order valence-corrected chi connectivity index (χ0v) is 17.0. The number of aryl methyl sites for hydroxylation is 1. The fraction of sp³-hybridized carbons (Fsp3) is 0.238. The third kappa shape index (κ3) is 4.61. The topological polar surface area (TPSA) is 69.7 Å². The Morgan fingerprint density at radius 1 is 0.964 bits per heavy atom. The van der Waals surface area contributed by atoms with Gasteiger partial charge in [0.2, 0.25) is 0 Å². The van der Waals surface area contributed by atoms with Crippen LogP contribution < -0.4 is 19.5 Å². The molecule has 0 saturated carbocycles. The lowest BCUT2D eigenvalue weighted by molar-refractivity contribution is -0.122. The van der Waals surface area contributed by atoms with E-state index in [0.717, 1.165) is 27.6 Å². The molecule has 2 aromatic carbocycles. The van der Waals surface area contributed by atoms with Crippen LogP contribution in [0.2, 0.25) is 0 Å². The highest BCUT2D eigenvalue weighted by Crippen LogP contribution is 2.31. The van der Waals surface area contributed by atoms with Gasteiger partial charge in [-0.1, -0.05) is 0 Å². The van der Waals surface area contributed by atoms with Crippen molar-refractivity contribution in [2.75, 3.05) is 19.5 Å². The van der Waals surface area contributed by atoms with Gasteiger partial charge in [-0.25, -0.2) is 4.98 Å². The predicted molar refractivity (Wildman–Crippen MR) is 111 cm³/mol. The molecule has 1 atom stereocenters. The SMILES string of the molecule is COc1ccc(OC(C)C(=O)Nc2nc(-c3ccc(OC)cc3)c(C)s2)cc1. The van der Waals surface area contributed by atoms with E-state index < -0.39 is 6.10 Å². The van der Waals surface area contributed by atoms with Crippen molar-refractivity contribution >= 4 is 22.4 Å². The number of hydrogen-bond acceptors (Lipinski definition) is 6. The standard InChI is InChI=1S/C21H22N2O4S/c1-13(27-18-11-9-17(26-4)10-12-18)20(24)23-21-22-19(14(2)28-21)15-5-7-16(25-3)8-6-15/h5-13H,1-4H3,(H,22,23,24). The minimum Gasteiger partial charge on any atom is -0.497 e. The quantitative estimate of drug-likeness (QED) is 0.633. The van der Waals surface area contributed by atoms with Crippen molar-refractivity contribution in [2.24, 2.45) is 0 Å². The van der Waals surface area contributed by atoms with Crippen LogP contribution in [0.4, 0.5) is 5.13 Å². The second kappa shape index (κ2) is 8.75. The summed E-state index contributed by atoms with van der Waals surface area (Å²) in [4.78, 5) is 18.0. The molecule has 0 spiro atoms. The first-order valence-corrected chi connectivity index (χ1v) is 9.55. The van der Waals surface area contributed by atoms with Crippen LogP contribution in [-0.2, 0) is 4.79 Å². The third-order valence-corrected chi connectivity index (χ3v) is 5.02. The maximum Gasteiger partial charge on any atom is 0.266 e. The number of nitrogens with one attached hydrogen (secondary N) is 1. The summed E-state index contributed by atoms with van der Waals surface area (Å²) in [6, 6.07) is 14.8. The number of aromatic nitrogens is 1. The van der Waals surface area contributed by atoms with Crippen molar-refractivity contribution in [3.8, 4) is 28.5 Å². The Kier molecular flexibility index (Phi) is 6.16. The van der Waals surface area contributed by atoms with Gasteiger partial charge < -0.3 is 14.2 Å². The van der Waals surface area contributed by atoms with Crippen molar-refractivity contribution in [1.29, 1.82) is 0 Å². The predicted octanol–water partition coefficient (Wildman–Crippen LogP) is 4.54. The van der Waals surface area contributed by atoms with Crippen LogP contribution in [0.25, 0.3) is 11.3 Å². The normalized spacial score (nSPS) is 11.6. The van der Waals surface area contributed by atoms with Gasteiger partial charge in [0.1, 0.15) is 17.2 Å². The number of amides is 1. The average molecular weight is 398 g/mol. The van der Waals surface area contributed by atoms with Gasteiger partial charge >= 0.3 is 0 Å². The lowest BCUT2D eigenvalue weighted by Crippen LogP contribution is -2.30. The molecule has 1 unspecified atom stereocenters. The molecule has 7 heteroatoms. The summed E-state index contributed by atoms with van der Waals surface area (Å²) in [5, 5.41) is 3.37. The van der Waals surface area contributed by atoms with Crippen molar-refractivity contribution in [2.45, 2.75) is 20.0 Å². The Hall–Kier alpha value is -3.06. The molecule has 0 aliphatic heterocycles. The van der Waals surface area contributed by atoms with Crippen LogP contribution in [0, 0.1) is 6.92 Å². The van der Waals surface area contributed by atoms with E-state index in [2.05, 4.69) is 10.3 Å².